The van der Waals surface area contributed by atoms with E-state index in [0.717, 1.165) is 15.6 Å². The Balaban J connectivity index is 1.24. The summed E-state index contributed by atoms with van der Waals surface area (Å²) in [7, 11) is 0. The number of aliphatic hydroxyl groups is 1. The number of benzene rings is 3. The van der Waals surface area contributed by atoms with Crippen LogP contribution in [0.2, 0.25) is 4.82 Å². The summed E-state index contributed by atoms with van der Waals surface area (Å²) in [6.45, 7) is 5.71. The maximum absolute atomic E-state index is 14.2. The molecule has 0 spiro atoms. The second-order valence-corrected chi connectivity index (χ2v) is 16.4. The Morgan fingerprint density at radius 1 is 0.917 bits per heavy atom. The van der Waals surface area contributed by atoms with E-state index in [9.17, 15) is 14.7 Å². The van der Waals surface area contributed by atoms with Crippen LogP contribution in [0.1, 0.15) is 31.9 Å². The molecule has 4 aliphatic rings. The van der Waals surface area contributed by atoms with Crippen LogP contribution in [0.5, 0.6) is 0 Å². The summed E-state index contributed by atoms with van der Waals surface area (Å²) < 4.78 is 32.7. The first-order valence-corrected chi connectivity index (χ1v) is 18.6. The Kier molecular flexibility index (Phi) is 9.72. The second-order valence-electron chi connectivity index (χ2n) is 13.3. The quantitative estimate of drug-likeness (QED) is 0.257. The van der Waals surface area contributed by atoms with Gasteiger partial charge < -0.3 is 0 Å². The zero-order valence-corrected chi connectivity index (χ0v) is 29.4. The number of hydrogen-bond acceptors (Lipinski definition) is 8. The molecule has 4 fully saturated rings. The Bertz CT molecular complexity index is 1580. The van der Waals surface area contributed by atoms with E-state index in [1.54, 1.807) is 0 Å². The van der Waals surface area contributed by atoms with Gasteiger partial charge in [0.05, 0.1) is 0 Å². The summed E-state index contributed by atoms with van der Waals surface area (Å²) >= 11 is 6.75. The fourth-order valence-corrected chi connectivity index (χ4v) is 10.8. The predicted octanol–water partition coefficient (Wildman–Crippen LogP) is 4.25. The standard InChI is InChI=1S/C37H40ClNO8Se/c1-21-30-34(47-37(2,3)46-30)33(43-19-22-13-7-4-8-14-22)27(39(21)36(42)44-20-23-15-9-5-10-16-23)28(40)25-29(41)32-26(38)35(31(25)45-32)48-24-17-11-6-12-18-24/h4-18,21,25-28,30-35,40H,19-20H2,1-3H3/t21-,25-,26-,27+,28+,30+,31-,32-,33+,34+,35+/m1/s1. The molecule has 254 valence electrons. The van der Waals surface area contributed by atoms with Gasteiger partial charge in [0.1, 0.15) is 0 Å². The van der Waals surface area contributed by atoms with Crippen LogP contribution in [0.25, 0.3) is 0 Å². The molecule has 11 heteroatoms. The van der Waals surface area contributed by atoms with E-state index in [-0.39, 0.29) is 38.8 Å². The van der Waals surface area contributed by atoms with Gasteiger partial charge in [-0.2, -0.15) is 0 Å². The van der Waals surface area contributed by atoms with Gasteiger partial charge in [0, 0.05) is 0 Å². The van der Waals surface area contributed by atoms with Gasteiger partial charge in [-0.1, -0.05) is 6.07 Å². The van der Waals surface area contributed by atoms with Gasteiger partial charge in [-0.15, -0.1) is 0 Å². The Labute approximate surface area is 291 Å². The van der Waals surface area contributed by atoms with Gasteiger partial charge in [0.25, 0.3) is 0 Å². The molecule has 0 saturated carbocycles. The van der Waals surface area contributed by atoms with Gasteiger partial charge in [-0.3, -0.25) is 0 Å². The molecular weight excluding hydrogens is 701 g/mol. The number of hydrogen-bond donors (Lipinski definition) is 1. The third-order valence-corrected chi connectivity index (χ3v) is 13.4. The number of carbonyl (C=O) groups excluding carboxylic acids is 2. The van der Waals surface area contributed by atoms with Crippen LogP contribution in [0.3, 0.4) is 0 Å². The molecule has 11 atom stereocenters. The van der Waals surface area contributed by atoms with Crippen LogP contribution in [0.15, 0.2) is 91.0 Å². The fraction of sp³-hybridized carbons (Fsp3) is 0.459. The molecule has 2 bridgehead atoms. The first-order valence-electron chi connectivity index (χ1n) is 16.4. The van der Waals surface area contributed by atoms with E-state index in [0.29, 0.717) is 0 Å². The average Bonchev–Trinajstić information content (AvgIpc) is 3.72. The van der Waals surface area contributed by atoms with Gasteiger partial charge in [-0.05, 0) is 0 Å². The number of piperidine rings is 1. The molecule has 0 radical (unpaired) electrons. The molecule has 0 unspecified atom stereocenters. The van der Waals surface area contributed by atoms with Gasteiger partial charge in [0.15, 0.2) is 0 Å². The molecule has 4 aliphatic heterocycles. The van der Waals surface area contributed by atoms with E-state index in [4.69, 9.17) is 35.3 Å². The summed E-state index contributed by atoms with van der Waals surface area (Å²) in [6, 6.07) is 27.4. The number of amides is 1. The number of ether oxygens (including phenoxy) is 5. The van der Waals surface area contributed by atoms with Crippen LogP contribution in [-0.2, 0) is 41.7 Å². The Morgan fingerprint density at radius 3 is 2.12 bits per heavy atom. The number of rotatable bonds is 9. The molecule has 3 aromatic carbocycles. The molecule has 4 heterocycles. The summed E-state index contributed by atoms with van der Waals surface area (Å²) in [5.41, 5.74) is 1.73. The molecule has 3 aromatic rings. The van der Waals surface area contributed by atoms with Crippen molar-refractivity contribution in [3.8, 4) is 0 Å². The molecule has 1 N–H and O–H groups in total. The van der Waals surface area contributed by atoms with Gasteiger partial charge in [-0.25, -0.2) is 0 Å². The summed E-state index contributed by atoms with van der Waals surface area (Å²) in [4.78, 5) is 29.5. The van der Waals surface area contributed by atoms with Crippen LogP contribution in [-0.4, -0.2) is 96.7 Å². The average molecular weight is 741 g/mol. The Morgan fingerprint density at radius 2 is 1.50 bits per heavy atom. The van der Waals surface area contributed by atoms with E-state index in [2.05, 4.69) is 0 Å². The van der Waals surface area contributed by atoms with Crippen LogP contribution >= 0.6 is 11.6 Å². The predicted molar refractivity (Wildman–Crippen MR) is 179 cm³/mol. The van der Waals surface area contributed by atoms with Crippen molar-refractivity contribution in [2.24, 2.45) is 5.92 Å². The third kappa shape index (κ3) is 6.45. The number of Topliss-reactive ketones (excluding diaryl/α,β-unsaturated/α-hetero) is 1. The summed E-state index contributed by atoms with van der Waals surface area (Å²) in [6.07, 6.45) is -5.57. The SMILES string of the molecule is C[C@@H]1[C@@H]2OC(C)(C)O[C@@H]2[C@@H](OCc2ccccc2)[C@H]([C@@H](O)[C@@H]2C(=O)[C@@H]3O[C@H]2[C@@H]([Se]c2ccccc2)[C@@H]3Cl)N1C(=O)OCc1ccccc1. The zero-order chi connectivity index (χ0) is 33.6. The molecule has 7 rings (SSSR count). The van der Waals surface area contributed by atoms with Crippen LogP contribution < -0.4 is 4.46 Å². The van der Waals surface area contributed by atoms with Crippen LogP contribution in [0, 0.1) is 5.92 Å². The molecule has 0 aromatic heterocycles. The van der Waals surface area contributed by atoms with Crippen molar-refractivity contribution in [3.05, 3.63) is 102 Å². The fourth-order valence-electron chi connectivity index (χ4n) is 7.53. The number of halogens is 1. The molecule has 9 nitrogen and oxygen atoms in total. The molecule has 1 amide bonds. The first-order chi connectivity index (χ1) is 23.1. The number of aliphatic hydroxyl groups excluding tert-OH is 1. The van der Waals surface area contributed by atoms with Crippen molar-refractivity contribution in [1.82, 2.24) is 4.90 Å². The van der Waals surface area contributed by atoms with E-state index >= 15 is 0 Å². The number of fused-ring (bicyclic) bond motifs is 3. The first kappa shape index (κ1) is 33.7. The normalized spacial score (nSPS) is 34.2. The van der Waals surface area contributed by atoms with Crippen molar-refractivity contribution in [2.45, 2.75) is 98.7 Å². The topological polar surface area (TPSA) is 104 Å². The van der Waals surface area contributed by atoms with Crippen molar-refractivity contribution >= 4 is 42.9 Å². The maximum atomic E-state index is 14.2. The van der Waals surface area contributed by atoms with Gasteiger partial charge in [0.2, 0.25) is 0 Å². The number of alkyl halides is 1. The summed E-state index contributed by atoms with van der Waals surface area (Å²) in [5, 5.41) is 12.0. The van der Waals surface area contributed by atoms with E-state index < -0.39 is 71.9 Å². The van der Waals surface area contributed by atoms with Crippen molar-refractivity contribution in [3.63, 3.8) is 0 Å². The molecule has 48 heavy (non-hydrogen) atoms. The van der Waals surface area contributed by atoms with Crippen molar-refractivity contribution < 1.29 is 38.4 Å². The zero-order valence-electron chi connectivity index (χ0n) is 27.0. The minimum absolute atomic E-state index is 0.0317. The monoisotopic (exact) mass is 741 g/mol. The molecular formula is C37H40ClNO8Se. The second kappa shape index (κ2) is 13.8. The van der Waals surface area contributed by atoms with E-state index in [1.807, 2.05) is 112 Å². The Hall–Kier alpha value is -2.79. The molecule has 0 aliphatic carbocycles. The third-order valence-electron chi connectivity index (χ3n) is 9.69. The van der Waals surface area contributed by atoms with Crippen molar-refractivity contribution in [2.75, 3.05) is 0 Å². The van der Waals surface area contributed by atoms with Crippen LogP contribution in [0.4, 0.5) is 4.79 Å². The molecule has 4 saturated heterocycles. The van der Waals surface area contributed by atoms with Crippen molar-refractivity contribution in [1.29, 1.82) is 0 Å². The number of likely N-dealkylation sites (tertiary alicyclic amines) is 1. The number of ketones is 1. The minimum atomic E-state index is -1.37. The number of carbonyl (C=O) groups is 2. The number of nitrogens with zero attached hydrogens (tertiary/aromatic N) is 1. The van der Waals surface area contributed by atoms with Gasteiger partial charge >= 0.3 is 287 Å². The summed E-state index contributed by atoms with van der Waals surface area (Å²) in [5.74, 6) is -2.17. The van der Waals surface area contributed by atoms with E-state index in [1.165, 1.54) is 4.90 Å².